The van der Waals surface area contributed by atoms with Gasteiger partial charge in [0.05, 0.1) is 36.3 Å². The fourth-order valence-electron chi connectivity index (χ4n) is 8.20. The Labute approximate surface area is 394 Å². The molecule has 6 aromatic rings. The van der Waals surface area contributed by atoms with Gasteiger partial charge in [-0.3, -0.25) is 14.4 Å². The lowest BCUT2D eigenvalue weighted by Crippen LogP contribution is -2.40. The number of hydrogen-bond donors (Lipinski definition) is 2. The number of nitrogens with one attached hydrogen (secondary N) is 1. The van der Waals surface area contributed by atoms with Gasteiger partial charge in [0.15, 0.2) is 0 Å². The normalized spacial score (nSPS) is 16.0. The number of fused-ring (bicyclic) bond motifs is 4. The van der Waals surface area contributed by atoms with Crippen molar-refractivity contribution < 1.29 is 43.2 Å². The quantitative estimate of drug-likeness (QED) is 0.102. The average Bonchev–Trinajstić information content (AvgIpc) is 3.78. The zero-order valence-corrected chi connectivity index (χ0v) is 39.3. The number of carbonyl (C=O) groups excluding carboxylic acids is 3. The second kappa shape index (κ2) is 18.8. The van der Waals surface area contributed by atoms with E-state index in [1.807, 2.05) is 76.2 Å². The number of hydrogen-bond acceptors (Lipinski definition) is 15. The van der Waals surface area contributed by atoms with E-state index in [-0.39, 0.29) is 28.6 Å². The molecule has 0 spiro atoms. The number of aryl methyl sites for hydroxylation is 2. The van der Waals surface area contributed by atoms with E-state index in [0.717, 1.165) is 45.0 Å². The number of carbonyl (C=O) groups is 4. The van der Waals surface area contributed by atoms with Gasteiger partial charge < -0.3 is 34.3 Å². The average molecular weight is 947 g/mol. The number of nitrogens with zero attached hydrogens (tertiary/aromatic N) is 7. The van der Waals surface area contributed by atoms with Crippen molar-refractivity contribution in [3.05, 3.63) is 122 Å². The Hall–Kier alpha value is -6.89. The van der Waals surface area contributed by atoms with E-state index in [1.165, 1.54) is 0 Å². The summed E-state index contributed by atoms with van der Waals surface area (Å²) in [7, 11) is 0. The van der Waals surface area contributed by atoms with Crippen molar-refractivity contribution in [1.29, 1.82) is 0 Å². The third-order valence-corrected chi connectivity index (χ3v) is 12.9. The van der Waals surface area contributed by atoms with E-state index in [4.69, 9.17) is 35.5 Å². The number of anilines is 1. The van der Waals surface area contributed by atoms with Crippen molar-refractivity contribution in [2.45, 2.75) is 60.3 Å². The van der Waals surface area contributed by atoms with Crippen LogP contribution in [0.15, 0.2) is 72.8 Å². The van der Waals surface area contributed by atoms with Crippen molar-refractivity contribution >= 4 is 51.8 Å². The number of ether oxygens (including phenoxy) is 4. The summed E-state index contributed by atoms with van der Waals surface area (Å²) in [6.45, 7) is 14.9. The van der Waals surface area contributed by atoms with E-state index < -0.39 is 34.6 Å². The maximum absolute atomic E-state index is 13.8. The van der Waals surface area contributed by atoms with E-state index in [9.17, 15) is 24.3 Å². The summed E-state index contributed by atoms with van der Waals surface area (Å²) in [6.07, 6.45) is 0. The number of amides is 2. The summed E-state index contributed by atoms with van der Waals surface area (Å²) in [6, 6.07) is 22.0. The highest BCUT2D eigenvalue weighted by molar-refractivity contribution is 7.17. The predicted molar refractivity (Wildman–Crippen MR) is 247 cm³/mol. The Morgan fingerprint density at radius 1 is 0.746 bits per heavy atom. The number of morpholine rings is 1. The first-order chi connectivity index (χ1) is 32.0. The van der Waals surface area contributed by atoms with Crippen molar-refractivity contribution in [3.8, 4) is 34.8 Å². The molecular formula is C48H47ClN8O9S. The Bertz CT molecular complexity index is 2850. The molecule has 1 saturated heterocycles. The molecular weight excluding hydrogens is 900 g/mol. The van der Waals surface area contributed by atoms with Gasteiger partial charge in [0.1, 0.15) is 5.15 Å². The highest BCUT2D eigenvalue weighted by Crippen LogP contribution is 2.53. The summed E-state index contributed by atoms with van der Waals surface area (Å²) in [5.41, 5.74) is 4.45. The first-order valence-corrected chi connectivity index (χ1v) is 22.7. The standard InChI is InChI=1S/C32H32N6O6S.C16H15ClN2O3/c1-5-43-29(40)27-36-37-31(45-27)35-30(41)32(3,4)24-21-11-6-18(2)33-25(21)44-26-22(24)12-13-23(34-26)19-7-9-20(10-8-19)28(39)38-14-16-42-17-15-38;1-8-4-5-9-12(16(2,3)15(20)21)10-6-7-11(17)19-14(10)22-13(9)18-8/h6-13,24H,5,14-17H2,1-4H3,(H,35,37,41);4-7,12H,1-3H3,(H,20,21)/t24-;12-/m00/s1. The summed E-state index contributed by atoms with van der Waals surface area (Å²) in [5, 5.41) is 20.8. The molecule has 17 nitrogen and oxygen atoms in total. The minimum absolute atomic E-state index is 0.0290. The molecule has 9 rings (SSSR count). The zero-order valence-electron chi connectivity index (χ0n) is 37.7. The van der Waals surface area contributed by atoms with Crippen LogP contribution in [0, 0.1) is 24.7 Å². The molecule has 5 aromatic heterocycles. The first kappa shape index (κ1) is 46.6. The highest BCUT2D eigenvalue weighted by atomic mass is 35.5. The molecule has 3 aliphatic heterocycles. The summed E-state index contributed by atoms with van der Waals surface area (Å²) in [4.78, 5) is 70.3. The fourth-order valence-corrected chi connectivity index (χ4v) is 8.97. The van der Waals surface area contributed by atoms with Crippen LogP contribution in [0.4, 0.5) is 5.13 Å². The molecule has 19 heteroatoms. The Kier molecular flexibility index (Phi) is 13.1. The van der Waals surface area contributed by atoms with E-state index in [0.29, 0.717) is 71.8 Å². The Balaban J connectivity index is 0.000000231. The maximum atomic E-state index is 13.8. The molecule has 8 heterocycles. The van der Waals surface area contributed by atoms with Gasteiger partial charge in [0.2, 0.25) is 39.6 Å². The largest absolute Gasteiger partial charge is 0.481 e. The predicted octanol–water partition coefficient (Wildman–Crippen LogP) is 8.64. The van der Waals surface area contributed by atoms with Gasteiger partial charge in [-0.05, 0) is 77.1 Å². The monoisotopic (exact) mass is 946 g/mol. The Morgan fingerprint density at radius 2 is 1.28 bits per heavy atom. The number of aromatic nitrogens is 6. The lowest BCUT2D eigenvalue weighted by molar-refractivity contribution is -0.147. The molecule has 2 N–H and O–H groups in total. The minimum Gasteiger partial charge on any atom is -0.481 e. The number of aliphatic carboxylic acids is 1. The second-order valence-corrected chi connectivity index (χ2v) is 18.6. The molecule has 0 aliphatic carbocycles. The Morgan fingerprint density at radius 3 is 1.87 bits per heavy atom. The van der Waals surface area contributed by atoms with E-state index in [2.05, 4.69) is 30.5 Å². The highest BCUT2D eigenvalue weighted by Gasteiger charge is 2.46. The van der Waals surface area contributed by atoms with Crippen molar-refractivity contribution in [3.63, 3.8) is 0 Å². The number of esters is 1. The van der Waals surface area contributed by atoms with Gasteiger partial charge in [-0.2, -0.15) is 0 Å². The van der Waals surface area contributed by atoms with Crippen LogP contribution in [-0.4, -0.2) is 96.8 Å². The number of carboxylic acid groups (broad SMARTS) is 1. The van der Waals surface area contributed by atoms with Crippen LogP contribution in [0.1, 0.15) is 100 Å². The van der Waals surface area contributed by atoms with Gasteiger partial charge >= 0.3 is 11.9 Å². The van der Waals surface area contributed by atoms with Gasteiger partial charge in [-0.1, -0.05) is 67.1 Å². The number of halogens is 1. The topological polar surface area (TPSA) is 218 Å². The summed E-state index contributed by atoms with van der Waals surface area (Å²) in [5.74, 6) is -1.31. The maximum Gasteiger partial charge on any atom is 0.369 e. The van der Waals surface area contributed by atoms with Crippen molar-refractivity contribution in [2.75, 3.05) is 38.2 Å². The van der Waals surface area contributed by atoms with Gasteiger partial charge in [-0.15, -0.1) is 10.2 Å². The molecule has 0 saturated carbocycles. The third-order valence-electron chi connectivity index (χ3n) is 11.8. The molecule has 2 amide bonds. The van der Waals surface area contributed by atoms with Gasteiger partial charge in [0.25, 0.3) is 5.91 Å². The van der Waals surface area contributed by atoms with Crippen molar-refractivity contribution in [2.24, 2.45) is 10.8 Å². The number of rotatable bonds is 9. The minimum atomic E-state index is -1.04. The summed E-state index contributed by atoms with van der Waals surface area (Å²) < 4.78 is 22.3. The zero-order chi connectivity index (χ0) is 47.8. The van der Waals surface area contributed by atoms with Crippen LogP contribution < -0.4 is 14.8 Å². The fraction of sp³-hybridized carbons (Fsp3) is 0.333. The van der Waals surface area contributed by atoms with Crippen LogP contribution in [0.2, 0.25) is 5.15 Å². The lowest BCUT2D eigenvalue weighted by Gasteiger charge is -2.37. The molecule has 0 unspecified atom stereocenters. The second-order valence-electron chi connectivity index (χ2n) is 17.2. The van der Waals surface area contributed by atoms with Crippen molar-refractivity contribution in [1.82, 2.24) is 35.0 Å². The third kappa shape index (κ3) is 9.41. The van der Waals surface area contributed by atoms with Gasteiger partial charge in [0, 0.05) is 69.7 Å². The smallest absolute Gasteiger partial charge is 0.369 e. The molecule has 1 aromatic carbocycles. The molecule has 1 fully saturated rings. The van der Waals surface area contributed by atoms with Crippen LogP contribution in [0.3, 0.4) is 0 Å². The molecule has 3 aliphatic rings. The molecule has 67 heavy (non-hydrogen) atoms. The van der Waals surface area contributed by atoms with Crippen LogP contribution in [-0.2, 0) is 19.1 Å². The number of pyridine rings is 4. The van der Waals surface area contributed by atoms with Crippen LogP contribution >= 0.6 is 22.9 Å². The van der Waals surface area contributed by atoms with E-state index in [1.54, 1.807) is 49.9 Å². The SMILES string of the molecule is CCOC(=O)c1nnc(NC(=O)C(C)(C)[C@H]2c3ccc(C)nc3Oc3nc(-c4ccc(C(=O)N5CCOCC5)cc4)ccc32)s1.Cc1ccc2c(n1)Oc1nc(Cl)ccc1[C@H]2C(C)(C)C(=O)O. The number of benzene rings is 1. The molecule has 0 bridgehead atoms. The van der Waals surface area contributed by atoms with Crippen LogP contribution in [0.5, 0.6) is 23.5 Å². The summed E-state index contributed by atoms with van der Waals surface area (Å²) >= 11 is 6.88. The first-order valence-electron chi connectivity index (χ1n) is 21.5. The lowest BCUT2D eigenvalue weighted by atomic mass is 9.70. The number of carboxylic acids is 1. The van der Waals surface area contributed by atoms with Crippen LogP contribution in [0.25, 0.3) is 11.3 Å². The van der Waals surface area contributed by atoms with Gasteiger partial charge in [-0.25, -0.2) is 24.7 Å². The molecule has 2 atom stereocenters. The van der Waals surface area contributed by atoms with E-state index >= 15 is 0 Å². The molecule has 346 valence electrons. The molecule has 0 radical (unpaired) electrons.